The minimum Gasteiger partial charge on any atom is -0.324 e. The summed E-state index contributed by atoms with van der Waals surface area (Å²) in [5.41, 5.74) is 8.01. The van der Waals surface area contributed by atoms with E-state index in [0.29, 0.717) is 5.56 Å². The molecular weight excluding hydrogens is 297 g/mol. The molecule has 0 saturated heterocycles. The number of rotatable bonds is 3. The zero-order valence-electron chi connectivity index (χ0n) is 10.9. The molecule has 0 saturated carbocycles. The molecule has 1 atom stereocenters. The van der Waals surface area contributed by atoms with Gasteiger partial charge in [0.05, 0.1) is 0 Å². The molecule has 0 bridgehead atoms. The lowest BCUT2D eigenvalue weighted by molar-refractivity contribution is 0.102. The van der Waals surface area contributed by atoms with Crippen molar-refractivity contribution >= 4 is 36.4 Å². The van der Waals surface area contributed by atoms with Gasteiger partial charge in [-0.15, -0.1) is 24.8 Å². The summed E-state index contributed by atoms with van der Waals surface area (Å²) in [6.45, 7) is 1.86. The molecule has 2 rings (SSSR count). The van der Waals surface area contributed by atoms with E-state index in [1.807, 2.05) is 25.1 Å². The van der Waals surface area contributed by atoms with Gasteiger partial charge in [-0.2, -0.15) is 0 Å². The van der Waals surface area contributed by atoms with Crippen molar-refractivity contribution in [3.8, 4) is 0 Å². The Kier molecular flexibility index (Phi) is 7.84. The van der Waals surface area contributed by atoms with Gasteiger partial charge in [-0.3, -0.25) is 9.78 Å². The second kappa shape index (κ2) is 8.53. The molecule has 6 heteroatoms. The molecule has 0 aliphatic heterocycles. The summed E-state index contributed by atoms with van der Waals surface area (Å²) >= 11 is 0. The molecule has 20 heavy (non-hydrogen) atoms. The van der Waals surface area contributed by atoms with Gasteiger partial charge in [0, 0.05) is 29.7 Å². The quantitative estimate of drug-likeness (QED) is 0.914. The summed E-state index contributed by atoms with van der Waals surface area (Å²) in [5.74, 6) is -0.158. The number of hydrogen-bond donors (Lipinski definition) is 2. The summed E-state index contributed by atoms with van der Waals surface area (Å²) < 4.78 is 0. The Bertz CT molecular complexity index is 547. The number of carbonyl (C=O) groups excluding carboxylic acids is 1. The van der Waals surface area contributed by atoms with Gasteiger partial charge >= 0.3 is 0 Å². The van der Waals surface area contributed by atoms with Crippen molar-refractivity contribution < 1.29 is 4.79 Å². The number of anilines is 1. The topological polar surface area (TPSA) is 68.0 Å². The van der Waals surface area contributed by atoms with E-state index >= 15 is 0 Å². The molecule has 0 aliphatic carbocycles. The standard InChI is InChI=1S/C14H15N3O.2ClH/c1-10(15)12-4-2-3-5-13(12)14(18)17-11-6-8-16-9-7-11;;/h2-10H,15H2,1H3,(H,16,17,18);2*1H. The van der Waals surface area contributed by atoms with Crippen molar-refractivity contribution in [3.63, 3.8) is 0 Å². The Morgan fingerprint density at radius 3 is 2.35 bits per heavy atom. The third-order valence-electron chi connectivity index (χ3n) is 2.63. The summed E-state index contributed by atoms with van der Waals surface area (Å²) in [7, 11) is 0. The fourth-order valence-corrected chi connectivity index (χ4v) is 1.73. The van der Waals surface area contributed by atoms with Crippen LogP contribution in [0.25, 0.3) is 0 Å². The number of nitrogens with two attached hydrogens (primary N) is 1. The average Bonchev–Trinajstić information content (AvgIpc) is 2.40. The predicted molar refractivity (Wildman–Crippen MR) is 85.7 cm³/mol. The zero-order valence-corrected chi connectivity index (χ0v) is 12.6. The Morgan fingerprint density at radius 1 is 1.15 bits per heavy atom. The van der Waals surface area contributed by atoms with E-state index in [1.165, 1.54) is 0 Å². The smallest absolute Gasteiger partial charge is 0.256 e. The zero-order chi connectivity index (χ0) is 13.0. The van der Waals surface area contributed by atoms with E-state index in [1.54, 1.807) is 30.6 Å². The van der Waals surface area contributed by atoms with Crippen LogP contribution in [0.15, 0.2) is 48.8 Å². The van der Waals surface area contributed by atoms with Crippen molar-refractivity contribution in [2.75, 3.05) is 5.32 Å². The Morgan fingerprint density at radius 2 is 1.75 bits per heavy atom. The summed E-state index contributed by atoms with van der Waals surface area (Å²) in [6.07, 6.45) is 3.26. The largest absolute Gasteiger partial charge is 0.324 e. The first-order valence-corrected chi connectivity index (χ1v) is 5.74. The third-order valence-corrected chi connectivity index (χ3v) is 2.63. The van der Waals surface area contributed by atoms with Crippen molar-refractivity contribution in [3.05, 3.63) is 59.9 Å². The Labute approximate surface area is 130 Å². The molecule has 0 aliphatic rings. The number of nitrogens with one attached hydrogen (secondary N) is 1. The fourth-order valence-electron chi connectivity index (χ4n) is 1.73. The van der Waals surface area contributed by atoms with E-state index in [2.05, 4.69) is 10.3 Å². The van der Waals surface area contributed by atoms with Gasteiger partial charge < -0.3 is 11.1 Å². The number of carbonyl (C=O) groups is 1. The number of pyridine rings is 1. The minimum atomic E-state index is -0.176. The van der Waals surface area contributed by atoms with Gasteiger partial charge in [-0.25, -0.2) is 0 Å². The summed E-state index contributed by atoms with van der Waals surface area (Å²) in [4.78, 5) is 16.1. The molecule has 1 aromatic heterocycles. The summed E-state index contributed by atoms with van der Waals surface area (Å²) in [5, 5.41) is 2.82. The minimum absolute atomic E-state index is 0. The van der Waals surface area contributed by atoms with Gasteiger partial charge in [0.25, 0.3) is 5.91 Å². The van der Waals surface area contributed by atoms with Crippen LogP contribution in [0.5, 0.6) is 0 Å². The van der Waals surface area contributed by atoms with E-state index in [9.17, 15) is 4.79 Å². The highest BCUT2D eigenvalue weighted by Crippen LogP contribution is 2.17. The first-order valence-electron chi connectivity index (χ1n) is 5.74. The SMILES string of the molecule is CC(N)c1ccccc1C(=O)Nc1ccncc1.Cl.Cl. The molecule has 0 spiro atoms. The van der Waals surface area contributed by atoms with Gasteiger partial charge in [0.2, 0.25) is 0 Å². The lowest BCUT2D eigenvalue weighted by Crippen LogP contribution is -2.17. The molecule has 0 fully saturated rings. The number of amides is 1. The number of halogens is 2. The first kappa shape index (κ1) is 18.4. The molecule has 1 unspecified atom stereocenters. The lowest BCUT2D eigenvalue weighted by atomic mass is 10.0. The van der Waals surface area contributed by atoms with E-state index < -0.39 is 0 Å². The summed E-state index contributed by atoms with van der Waals surface area (Å²) in [6, 6.07) is 10.7. The molecule has 2 aromatic rings. The van der Waals surface area contributed by atoms with Gasteiger partial charge in [-0.1, -0.05) is 18.2 Å². The molecule has 3 N–H and O–H groups in total. The maximum Gasteiger partial charge on any atom is 0.256 e. The van der Waals surface area contributed by atoms with Crippen LogP contribution in [0.1, 0.15) is 28.9 Å². The van der Waals surface area contributed by atoms with Crippen LogP contribution in [0.3, 0.4) is 0 Å². The number of benzene rings is 1. The van der Waals surface area contributed by atoms with Crippen LogP contribution in [0.2, 0.25) is 0 Å². The highest BCUT2D eigenvalue weighted by molar-refractivity contribution is 6.05. The molecule has 1 amide bonds. The van der Waals surface area contributed by atoms with Crippen LogP contribution < -0.4 is 11.1 Å². The van der Waals surface area contributed by atoms with E-state index in [4.69, 9.17) is 5.73 Å². The number of hydrogen-bond acceptors (Lipinski definition) is 3. The van der Waals surface area contributed by atoms with Crippen molar-refractivity contribution in [1.29, 1.82) is 0 Å². The van der Waals surface area contributed by atoms with Crippen LogP contribution >= 0.6 is 24.8 Å². The second-order valence-corrected chi connectivity index (χ2v) is 4.07. The molecule has 108 valence electrons. The molecule has 1 aromatic carbocycles. The number of nitrogens with zero attached hydrogens (tertiary/aromatic N) is 1. The first-order chi connectivity index (χ1) is 8.68. The Hall–Kier alpha value is -1.62. The van der Waals surface area contributed by atoms with Crippen molar-refractivity contribution in [1.82, 2.24) is 4.98 Å². The average molecular weight is 314 g/mol. The highest BCUT2D eigenvalue weighted by atomic mass is 35.5. The highest BCUT2D eigenvalue weighted by Gasteiger charge is 2.13. The molecule has 0 radical (unpaired) electrons. The maximum atomic E-state index is 12.2. The van der Waals surface area contributed by atoms with Gasteiger partial charge in [-0.05, 0) is 30.7 Å². The van der Waals surface area contributed by atoms with Crippen LogP contribution in [0.4, 0.5) is 5.69 Å². The predicted octanol–water partition coefficient (Wildman–Crippen LogP) is 3.20. The van der Waals surface area contributed by atoms with Crippen molar-refractivity contribution in [2.24, 2.45) is 5.73 Å². The third kappa shape index (κ3) is 4.49. The molecule has 4 nitrogen and oxygen atoms in total. The van der Waals surface area contributed by atoms with E-state index in [0.717, 1.165) is 11.3 Å². The van der Waals surface area contributed by atoms with Crippen LogP contribution in [-0.4, -0.2) is 10.9 Å². The second-order valence-electron chi connectivity index (χ2n) is 4.07. The lowest BCUT2D eigenvalue weighted by Gasteiger charge is -2.12. The monoisotopic (exact) mass is 313 g/mol. The number of aromatic nitrogens is 1. The maximum absolute atomic E-state index is 12.2. The van der Waals surface area contributed by atoms with Crippen LogP contribution in [-0.2, 0) is 0 Å². The fraction of sp³-hybridized carbons (Fsp3) is 0.143. The Balaban J connectivity index is 0.00000180. The van der Waals surface area contributed by atoms with Gasteiger partial charge in [0.1, 0.15) is 0 Å². The molecule has 1 heterocycles. The normalized spacial score (nSPS) is 10.7. The van der Waals surface area contributed by atoms with Crippen LogP contribution in [0, 0.1) is 0 Å². The molecular formula is C14H17Cl2N3O. The van der Waals surface area contributed by atoms with Crippen molar-refractivity contribution in [2.45, 2.75) is 13.0 Å². The van der Waals surface area contributed by atoms with Gasteiger partial charge in [0.15, 0.2) is 0 Å². The van der Waals surface area contributed by atoms with E-state index in [-0.39, 0.29) is 36.8 Å².